The van der Waals surface area contributed by atoms with Crippen LogP contribution in [0, 0.1) is 0 Å². The fourth-order valence-corrected chi connectivity index (χ4v) is 11.1. The average molecular weight is 530 g/mol. The van der Waals surface area contributed by atoms with E-state index in [1.807, 2.05) is 115 Å². The van der Waals surface area contributed by atoms with E-state index < -0.39 is 17.1 Å². The van der Waals surface area contributed by atoms with Crippen LogP contribution in [0.4, 0.5) is 0 Å². The molecule has 1 heterocycles. The molecule has 0 radical (unpaired) electrons. The van der Waals surface area contributed by atoms with Crippen LogP contribution in [0.5, 0.6) is 0 Å². The number of halogens is 1. The van der Waals surface area contributed by atoms with Gasteiger partial charge in [-0.1, -0.05) is 127 Å². The number of hydrogen-bond donors (Lipinski definition) is 2. The first-order valence-electron chi connectivity index (χ1n) is 11.3. The topological polar surface area (TPSA) is 62.6 Å². The molecule has 1 aromatic heterocycles. The first-order valence-corrected chi connectivity index (χ1v) is 15.1. The summed E-state index contributed by atoms with van der Waals surface area (Å²) in [7, 11) is -7.38. The second kappa shape index (κ2) is 13.1. The second-order valence-electron chi connectivity index (χ2n) is 7.88. The number of pyridine rings is 1. The summed E-state index contributed by atoms with van der Waals surface area (Å²) in [5, 5.41) is 3.33. The lowest BCUT2D eigenvalue weighted by Crippen LogP contribution is -2.75. The number of rotatable bonds is 6. The van der Waals surface area contributed by atoms with Crippen molar-refractivity contribution in [1.29, 1.82) is 0 Å². The highest BCUT2D eigenvalue weighted by molar-refractivity contribution is 7.10. The summed E-state index contributed by atoms with van der Waals surface area (Å²) >= 11 is 0. The van der Waals surface area contributed by atoms with Gasteiger partial charge in [-0.15, -0.1) is 12.4 Å². The Labute approximate surface area is 220 Å². The van der Waals surface area contributed by atoms with Gasteiger partial charge in [-0.3, -0.25) is 4.98 Å². The zero-order valence-corrected chi connectivity index (χ0v) is 22.4. The number of hydrogen-bond acceptors (Lipinski definition) is 4. The maximum atomic E-state index is 11.2. The molecule has 0 spiro atoms. The lowest BCUT2D eigenvalue weighted by Gasteiger charge is -2.37. The van der Waals surface area contributed by atoms with Gasteiger partial charge in [-0.05, 0) is 27.7 Å². The fourth-order valence-electron chi connectivity index (χ4n) is 3.94. The van der Waals surface area contributed by atoms with E-state index in [1.54, 1.807) is 36.7 Å². The summed E-state index contributed by atoms with van der Waals surface area (Å²) in [6.07, 6.45) is 3.50. The SMILES string of the molecule is Cl.O[Si](O)(O[Si](c1ccccc1)(c1ccccc1)c1ccccc1)c1ccccc1.c1ccncc1. The van der Waals surface area contributed by atoms with Crippen molar-refractivity contribution in [2.24, 2.45) is 0 Å². The summed E-state index contributed by atoms with van der Waals surface area (Å²) in [5.41, 5.74) is 0. The first kappa shape index (κ1) is 27.2. The van der Waals surface area contributed by atoms with Crippen LogP contribution in [0.2, 0.25) is 0 Å². The fraction of sp³-hybridized carbons (Fsp3) is 0. The molecule has 0 aliphatic heterocycles. The first-order chi connectivity index (χ1) is 17.1. The molecule has 182 valence electrons. The van der Waals surface area contributed by atoms with Gasteiger partial charge in [0.1, 0.15) is 0 Å². The van der Waals surface area contributed by atoms with E-state index in [-0.39, 0.29) is 12.4 Å². The molecule has 0 fully saturated rings. The van der Waals surface area contributed by atoms with Gasteiger partial charge in [0, 0.05) is 17.6 Å². The summed E-state index contributed by atoms with van der Waals surface area (Å²) in [6.45, 7) is 0. The van der Waals surface area contributed by atoms with Crippen LogP contribution in [0.3, 0.4) is 0 Å². The zero-order valence-electron chi connectivity index (χ0n) is 19.6. The zero-order chi connectivity index (χ0) is 24.4. The van der Waals surface area contributed by atoms with E-state index >= 15 is 0 Å². The summed E-state index contributed by atoms with van der Waals surface area (Å²) < 4.78 is 6.56. The van der Waals surface area contributed by atoms with Crippen LogP contribution < -0.4 is 20.7 Å². The molecular formula is C29H28ClNO3Si2. The van der Waals surface area contributed by atoms with Gasteiger partial charge in [-0.2, -0.15) is 0 Å². The Balaban J connectivity index is 0.000000453. The van der Waals surface area contributed by atoms with Crippen LogP contribution >= 0.6 is 12.4 Å². The van der Waals surface area contributed by atoms with Crippen LogP contribution in [0.15, 0.2) is 152 Å². The molecule has 5 rings (SSSR count). The smallest absolute Gasteiger partial charge is 0.400 e. The average Bonchev–Trinajstić information content (AvgIpc) is 2.95. The number of benzene rings is 4. The lowest BCUT2D eigenvalue weighted by atomic mass is 10.3. The van der Waals surface area contributed by atoms with Gasteiger partial charge in [-0.25, -0.2) is 0 Å². The van der Waals surface area contributed by atoms with E-state index in [4.69, 9.17) is 4.12 Å². The van der Waals surface area contributed by atoms with Crippen LogP contribution in [0.25, 0.3) is 0 Å². The van der Waals surface area contributed by atoms with Crippen molar-refractivity contribution in [2.45, 2.75) is 0 Å². The number of aromatic nitrogens is 1. The molecule has 2 N–H and O–H groups in total. The molecule has 0 unspecified atom stereocenters. The Kier molecular flexibility index (Phi) is 9.89. The minimum absolute atomic E-state index is 0. The van der Waals surface area contributed by atoms with E-state index in [0.717, 1.165) is 15.6 Å². The van der Waals surface area contributed by atoms with Crippen molar-refractivity contribution >= 4 is 50.3 Å². The second-order valence-corrected chi connectivity index (χ2v) is 13.6. The van der Waals surface area contributed by atoms with Crippen molar-refractivity contribution in [2.75, 3.05) is 0 Å². The standard InChI is InChI=1S/C24H22O3Si2.C5H5N.ClH/c25-29(26,24-19-11-4-12-20-24)27-28(21-13-5-1-6-14-21,22-15-7-2-8-16-22)23-17-9-3-10-18-23;1-2-4-6-5-3-1;/h1-20,25-26H;1-5H;1H. The minimum atomic E-state index is -4.20. The van der Waals surface area contributed by atoms with Crippen LogP contribution in [-0.4, -0.2) is 31.7 Å². The lowest BCUT2D eigenvalue weighted by molar-refractivity contribution is 0.262. The van der Waals surface area contributed by atoms with Gasteiger partial charge in [0.25, 0.3) is 8.32 Å². The molecule has 4 nitrogen and oxygen atoms in total. The Hall–Kier alpha value is -3.37. The molecule has 0 atom stereocenters. The minimum Gasteiger partial charge on any atom is -0.400 e. The molecule has 0 aliphatic carbocycles. The van der Waals surface area contributed by atoms with E-state index in [2.05, 4.69) is 4.98 Å². The molecule has 0 saturated carbocycles. The van der Waals surface area contributed by atoms with Crippen molar-refractivity contribution in [3.63, 3.8) is 0 Å². The Bertz CT molecular complexity index is 1160. The van der Waals surface area contributed by atoms with Gasteiger partial charge >= 0.3 is 8.80 Å². The molecular weight excluding hydrogens is 502 g/mol. The molecule has 0 bridgehead atoms. The van der Waals surface area contributed by atoms with Gasteiger partial charge in [0.15, 0.2) is 0 Å². The maximum Gasteiger partial charge on any atom is 0.521 e. The molecule has 4 aromatic carbocycles. The molecule has 0 saturated heterocycles. The third kappa shape index (κ3) is 6.44. The van der Waals surface area contributed by atoms with Crippen molar-refractivity contribution in [3.8, 4) is 0 Å². The van der Waals surface area contributed by atoms with Gasteiger partial charge in [0.2, 0.25) is 0 Å². The van der Waals surface area contributed by atoms with Crippen LogP contribution in [-0.2, 0) is 4.12 Å². The predicted molar refractivity (Wildman–Crippen MR) is 153 cm³/mol. The Morgan fingerprint density at radius 2 is 0.750 bits per heavy atom. The third-order valence-electron chi connectivity index (χ3n) is 5.55. The molecule has 0 aliphatic rings. The summed E-state index contributed by atoms with van der Waals surface area (Å²) in [6, 6.07) is 44.3. The highest BCUT2D eigenvalue weighted by Crippen LogP contribution is 2.14. The largest absolute Gasteiger partial charge is 0.521 e. The third-order valence-corrected chi connectivity index (χ3v) is 12.4. The summed E-state index contributed by atoms with van der Waals surface area (Å²) in [4.78, 5) is 26.2. The highest BCUT2D eigenvalue weighted by Gasteiger charge is 2.50. The quantitative estimate of drug-likeness (QED) is 0.262. The summed E-state index contributed by atoms with van der Waals surface area (Å²) in [5.74, 6) is 0. The molecule has 5 aromatic rings. The molecule has 7 heteroatoms. The van der Waals surface area contributed by atoms with Crippen molar-refractivity contribution in [1.82, 2.24) is 4.98 Å². The Morgan fingerprint density at radius 3 is 1.03 bits per heavy atom. The normalized spacial score (nSPS) is 10.9. The highest BCUT2D eigenvalue weighted by atomic mass is 35.5. The van der Waals surface area contributed by atoms with E-state index in [0.29, 0.717) is 5.19 Å². The monoisotopic (exact) mass is 529 g/mol. The van der Waals surface area contributed by atoms with Crippen molar-refractivity contribution in [3.05, 3.63) is 152 Å². The van der Waals surface area contributed by atoms with Gasteiger partial charge < -0.3 is 13.7 Å². The Morgan fingerprint density at radius 1 is 0.444 bits per heavy atom. The van der Waals surface area contributed by atoms with E-state index in [1.165, 1.54) is 0 Å². The predicted octanol–water partition coefficient (Wildman–Crippen LogP) is 3.00. The van der Waals surface area contributed by atoms with Crippen LogP contribution in [0.1, 0.15) is 0 Å². The van der Waals surface area contributed by atoms with Crippen molar-refractivity contribution < 1.29 is 13.7 Å². The van der Waals surface area contributed by atoms with Gasteiger partial charge in [0.05, 0.1) is 0 Å². The maximum absolute atomic E-state index is 11.2. The number of nitrogens with zero attached hydrogens (tertiary/aromatic N) is 1. The van der Waals surface area contributed by atoms with E-state index in [9.17, 15) is 9.59 Å². The molecule has 0 amide bonds. The molecule has 36 heavy (non-hydrogen) atoms.